The zero-order valence-electron chi connectivity index (χ0n) is 15.6. The molecule has 2 aromatic rings. The van der Waals surface area contributed by atoms with Crippen LogP contribution in [0.3, 0.4) is 0 Å². The van der Waals surface area contributed by atoms with E-state index in [9.17, 15) is 13.2 Å². The molecule has 6 nitrogen and oxygen atoms in total. The van der Waals surface area contributed by atoms with Crippen LogP contribution in [-0.4, -0.2) is 32.3 Å². The van der Waals surface area contributed by atoms with Gasteiger partial charge in [0.2, 0.25) is 15.9 Å². The monoisotopic (exact) mass is 387 g/mol. The molecule has 1 saturated heterocycles. The summed E-state index contributed by atoms with van der Waals surface area (Å²) < 4.78 is 23.3. The van der Waals surface area contributed by atoms with E-state index in [1.54, 1.807) is 6.92 Å². The Hall–Kier alpha value is -2.22. The van der Waals surface area contributed by atoms with Gasteiger partial charge in [0.15, 0.2) is 0 Å². The van der Waals surface area contributed by atoms with Crippen molar-refractivity contribution in [2.24, 2.45) is 5.14 Å². The molecule has 1 aliphatic rings. The Balaban J connectivity index is 1.75. The molecular weight excluding hydrogens is 362 g/mol. The third kappa shape index (κ3) is 4.55. The standard InChI is InChI=1S/C20H25N3O3S/c1-14-11-17(27(21,25)26)12-18(15(14)2)22-20(24)13-23-10-6-9-19(23)16-7-4-3-5-8-16/h3-5,7-8,11-12,19H,6,9-10,13H2,1-2H3,(H,22,24)(H2,21,25,26)/t19-/m1/s1. The summed E-state index contributed by atoms with van der Waals surface area (Å²) in [5, 5.41) is 8.10. The largest absolute Gasteiger partial charge is 0.325 e. The van der Waals surface area contributed by atoms with Gasteiger partial charge < -0.3 is 5.32 Å². The minimum Gasteiger partial charge on any atom is -0.325 e. The number of sulfonamides is 1. The van der Waals surface area contributed by atoms with E-state index < -0.39 is 10.0 Å². The molecule has 0 radical (unpaired) electrons. The van der Waals surface area contributed by atoms with Crippen molar-refractivity contribution in [3.63, 3.8) is 0 Å². The van der Waals surface area contributed by atoms with Gasteiger partial charge in [0.25, 0.3) is 0 Å². The first kappa shape index (κ1) is 19.5. The van der Waals surface area contributed by atoms with Crippen LogP contribution in [0.5, 0.6) is 0 Å². The van der Waals surface area contributed by atoms with Crippen LogP contribution in [0, 0.1) is 13.8 Å². The normalized spacial score (nSPS) is 17.8. The Bertz CT molecular complexity index is 942. The van der Waals surface area contributed by atoms with E-state index in [0.29, 0.717) is 5.69 Å². The van der Waals surface area contributed by atoms with Crippen LogP contribution in [-0.2, 0) is 14.8 Å². The van der Waals surface area contributed by atoms with Crippen molar-refractivity contribution in [2.75, 3.05) is 18.4 Å². The van der Waals surface area contributed by atoms with Crippen LogP contribution in [0.25, 0.3) is 0 Å². The molecule has 0 spiro atoms. The Morgan fingerprint density at radius 1 is 1.22 bits per heavy atom. The van der Waals surface area contributed by atoms with Gasteiger partial charge in [0, 0.05) is 11.7 Å². The fourth-order valence-corrected chi connectivity index (χ4v) is 4.19. The summed E-state index contributed by atoms with van der Waals surface area (Å²) in [5.41, 5.74) is 3.29. The SMILES string of the molecule is Cc1cc(S(N)(=O)=O)cc(NC(=O)CN2CCC[C@@H]2c2ccccc2)c1C. The number of benzene rings is 2. The third-order valence-corrected chi connectivity index (χ3v) is 6.03. The van der Waals surface area contributed by atoms with Crippen molar-refractivity contribution >= 4 is 21.6 Å². The molecule has 0 bridgehead atoms. The molecule has 0 aliphatic carbocycles. The molecule has 1 atom stereocenters. The van der Waals surface area contributed by atoms with E-state index in [-0.39, 0.29) is 23.4 Å². The summed E-state index contributed by atoms with van der Waals surface area (Å²) in [6.45, 7) is 4.77. The van der Waals surface area contributed by atoms with E-state index >= 15 is 0 Å². The zero-order valence-corrected chi connectivity index (χ0v) is 16.4. The second-order valence-corrected chi connectivity index (χ2v) is 8.61. The van der Waals surface area contributed by atoms with Gasteiger partial charge >= 0.3 is 0 Å². The fourth-order valence-electron chi connectivity index (χ4n) is 3.56. The van der Waals surface area contributed by atoms with Crippen molar-refractivity contribution < 1.29 is 13.2 Å². The number of hydrogen-bond acceptors (Lipinski definition) is 4. The van der Waals surface area contributed by atoms with Gasteiger partial charge in [-0.3, -0.25) is 9.69 Å². The van der Waals surface area contributed by atoms with Crippen molar-refractivity contribution in [2.45, 2.75) is 37.6 Å². The highest BCUT2D eigenvalue weighted by molar-refractivity contribution is 7.89. The lowest BCUT2D eigenvalue weighted by atomic mass is 10.0. The van der Waals surface area contributed by atoms with Crippen molar-refractivity contribution in [3.8, 4) is 0 Å². The number of hydrogen-bond donors (Lipinski definition) is 2. The van der Waals surface area contributed by atoms with E-state index in [1.165, 1.54) is 17.7 Å². The van der Waals surface area contributed by atoms with Crippen molar-refractivity contribution in [3.05, 3.63) is 59.2 Å². The molecule has 1 amide bonds. The average molecular weight is 388 g/mol. The number of nitrogens with zero attached hydrogens (tertiary/aromatic N) is 1. The minimum atomic E-state index is -3.83. The van der Waals surface area contributed by atoms with Crippen LogP contribution >= 0.6 is 0 Å². The molecule has 0 unspecified atom stereocenters. The highest BCUT2D eigenvalue weighted by Gasteiger charge is 2.27. The summed E-state index contributed by atoms with van der Waals surface area (Å²) >= 11 is 0. The van der Waals surface area contributed by atoms with E-state index in [0.717, 1.165) is 30.5 Å². The molecule has 1 heterocycles. The second-order valence-electron chi connectivity index (χ2n) is 7.05. The molecule has 1 aliphatic heterocycles. The van der Waals surface area contributed by atoms with Crippen molar-refractivity contribution in [1.29, 1.82) is 0 Å². The van der Waals surface area contributed by atoms with Crippen LogP contribution in [0.15, 0.2) is 47.4 Å². The lowest BCUT2D eigenvalue weighted by Gasteiger charge is -2.24. The topological polar surface area (TPSA) is 92.5 Å². The fraction of sp³-hybridized carbons (Fsp3) is 0.350. The predicted octanol–water partition coefficient (Wildman–Crippen LogP) is 2.73. The number of carbonyl (C=O) groups is 1. The maximum Gasteiger partial charge on any atom is 0.238 e. The third-order valence-electron chi connectivity index (χ3n) is 5.14. The van der Waals surface area contributed by atoms with Gasteiger partial charge in [0.05, 0.1) is 11.4 Å². The predicted molar refractivity (Wildman–Crippen MR) is 106 cm³/mol. The minimum absolute atomic E-state index is 0.00392. The van der Waals surface area contributed by atoms with Gasteiger partial charge in [-0.1, -0.05) is 30.3 Å². The molecule has 1 fully saturated rings. The lowest BCUT2D eigenvalue weighted by molar-refractivity contribution is -0.117. The van der Waals surface area contributed by atoms with Gasteiger partial charge in [-0.25, -0.2) is 13.6 Å². The number of likely N-dealkylation sites (tertiary alicyclic amines) is 1. The van der Waals surface area contributed by atoms with Gasteiger partial charge in [-0.2, -0.15) is 0 Å². The molecular formula is C20H25N3O3S. The van der Waals surface area contributed by atoms with E-state index in [1.807, 2.05) is 25.1 Å². The first-order valence-electron chi connectivity index (χ1n) is 8.98. The summed E-state index contributed by atoms with van der Waals surface area (Å²) in [6, 6.07) is 13.4. The van der Waals surface area contributed by atoms with Crippen LogP contribution in [0.2, 0.25) is 0 Å². The highest BCUT2D eigenvalue weighted by atomic mass is 32.2. The number of carbonyl (C=O) groups excluding carboxylic acids is 1. The first-order chi connectivity index (χ1) is 12.8. The second kappa shape index (κ2) is 7.80. The van der Waals surface area contributed by atoms with Gasteiger partial charge in [0.1, 0.15) is 0 Å². The quantitative estimate of drug-likeness (QED) is 0.825. The Labute approximate surface area is 160 Å². The van der Waals surface area contributed by atoms with Gasteiger partial charge in [-0.15, -0.1) is 0 Å². The molecule has 0 aromatic heterocycles. The molecule has 3 N–H and O–H groups in total. The molecule has 7 heteroatoms. The molecule has 27 heavy (non-hydrogen) atoms. The number of aryl methyl sites for hydroxylation is 1. The zero-order chi connectivity index (χ0) is 19.6. The summed E-state index contributed by atoms with van der Waals surface area (Å²) in [6.07, 6.45) is 2.07. The number of rotatable bonds is 5. The number of nitrogens with two attached hydrogens (primary N) is 1. The van der Waals surface area contributed by atoms with Gasteiger partial charge in [-0.05, 0) is 62.1 Å². The lowest BCUT2D eigenvalue weighted by Crippen LogP contribution is -2.33. The van der Waals surface area contributed by atoms with Crippen LogP contribution in [0.1, 0.15) is 35.6 Å². The summed E-state index contributed by atoms with van der Waals surface area (Å²) in [5.74, 6) is -0.160. The first-order valence-corrected chi connectivity index (χ1v) is 10.5. The number of nitrogens with one attached hydrogen (secondary N) is 1. The number of primary sulfonamides is 1. The van der Waals surface area contributed by atoms with E-state index in [4.69, 9.17) is 5.14 Å². The number of amides is 1. The smallest absolute Gasteiger partial charge is 0.238 e. The summed E-state index contributed by atoms with van der Waals surface area (Å²) in [4.78, 5) is 14.8. The molecule has 3 rings (SSSR count). The number of anilines is 1. The van der Waals surface area contributed by atoms with Crippen LogP contribution < -0.4 is 10.5 Å². The Kier molecular flexibility index (Phi) is 5.64. The molecule has 2 aromatic carbocycles. The highest BCUT2D eigenvalue weighted by Crippen LogP contribution is 2.31. The summed E-state index contributed by atoms with van der Waals surface area (Å²) in [7, 11) is -3.83. The van der Waals surface area contributed by atoms with Crippen molar-refractivity contribution in [1.82, 2.24) is 4.90 Å². The Morgan fingerprint density at radius 3 is 2.59 bits per heavy atom. The molecule has 144 valence electrons. The maximum absolute atomic E-state index is 12.6. The van der Waals surface area contributed by atoms with Crippen LogP contribution in [0.4, 0.5) is 5.69 Å². The average Bonchev–Trinajstić information content (AvgIpc) is 3.06. The van der Waals surface area contributed by atoms with E-state index in [2.05, 4.69) is 22.3 Å². The Morgan fingerprint density at radius 2 is 1.93 bits per heavy atom. The maximum atomic E-state index is 12.6. The molecule has 0 saturated carbocycles.